The molecule has 1 aromatic carbocycles. The monoisotopic (exact) mass is 381 g/mol. The van der Waals surface area contributed by atoms with E-state index in [1.165, 1.54) is 18.2 Å². The van der Waals surface area contributed by atoms with E-state index in [2.05, 4.69) is 12.6 Å². The van der Waals surface area contributed by atoms with Gasteiger partial charge in [-0.3, -0.25) is 14.9 Å². The molecule has 1 unspecified atom stereocenters. The van der Waals surface area contributed by atoms with Crippen molar-refractivity contribution in [1.82, 2.24) is 9.80 Å². The molecule has 0 radical (unpaired) electrons. The Hall–Kier alpha value is -1.87. The molecule has 0 bridgehead atoms. The number of thiocarbonyl (C=S) groups is 1. The summed E-state index contributed by atoms with van der Waals surface area (Å²) in [5, 5.41) is 21.1. The summed E-state index contributed by atoms with van der Waals surface area (Å²) in [5.74, 6) is 0.306. The van der Waals surface area contributed by atoms with Gasteiger partial charge >= 0.3 is 0 Å². The Morgan fingerprint density at radius 1 is 1.40 bits per heavy atom. The van der Waals surface area contributed by atoms with E-state index in [1.807, 2.05) is 9.80 Å². The maximum Gasteiger partial charge on any atom is 0.269 e. The molecule has 1 aliphatic heterocycles. The summed E-state index contributed by atoms with van der Waals surface area (Å²) in [5.41, 5.74) is 0.393. The van der Waals surface area contributed by atoms with E-state index < -0.39 is 4.92 Å². The largest absolute Gasteiger partial charge is 0.508 e. The second-order valence-corrected chi connectivity index (χ2v) is 7.58. The molecule has 1 aliphatic carbocycles. The summed E-state index contributed by atoms with van der Waals surface area (Å²) < 4.78 is 0.424. The van der Waals surface area contributed by atoms with Gasteiger partial charge in [0.05, 0.1) is 11.0 Å². The Balaban J connectivity index is 1.80. The average molecular weight is 381 g/mol. The highest BCUT2D eigenvalue weighted by atomic mass is 32.1. The maximum atomic E-state index is 12.4. The van der Waals surface area contributed by atoms with Crippen molar-refractivity contribution in [2.24, 2.45) is 5.92 Å². The Morgan fingerprint density at radius 3 is 2.72 bits per heavy atom. The topological polar surface area (TPSA) is 86.9 Å². The molecule has 2 aliphatic rings. The number of aromatic hydroxyl groups is 1. The van der Waals surface area contributed by atoms with E-state index >= 15 is 0 Å². The third-order valence-corrected chi connectivity index (χ3v) is 5.19. The number of hydrogen-bond donors (Lipinski definition) is 2. The number of amides is 1. The number of carbonyl (C=O) groups is 1. The lowest BCUT2D eigenvalue weighted by molar-refractivity contribution is -0.384. The normalized spacial score (nSPS) is 20.4. The number of nitro benzene ring substituents is 1. The number of phenols is 1. The Kier molecular flexibility index (Phi) is 5.14. The molecule has 3 rings (SSSR count). The van der Waals surface area contributed by atoms with Crippen molar-refractivity contribution in [3.8, 4) is 5.75 Å². The van der Waals surface area contributed by atoms with Crippen LogP contribution in [-0.2, 0) is 11.2 Å². The smallest absolute Gasteiger partial charge is 0.269 e. The minimum absolute atomic E-state index is 0.00118. The van der Waals surface area contributed by atoms with Crippen LogP contribution in [0, 0.1) is 16.0 Å². The quantitative estimate of drug-likeness (QED) is 0.359. The SMILES string of the molecule is O=C(C1CC1)N1CCN(C(=S)S)C(Cc2cc([N+](=O)[O-])ccc2O)C1. The zero-order valence-corrected chi connectivity index (χ0v) is 15.2. The molecule has 2 fully saturated rings. The van der Waals surface area contributed by atoms with E-state index in [-0.39, 0.29) is 29.3 Å². The number of hydrogen-bond acceptors (Lipinski definition) is 5. The van der Waals surface area contributed by atoms with Crippen LogP contribution in [0.3, 0.4) is 0 Å². The lowest BCUT2D eigenvalue weighted by Gasteiger charge is -2.42. The lowest BCUT2D eigenvalue weighted by Crippen LogP contribution is -2.56. The fourth-order valence-electron chi connectivity index (χ4n) is 3.17. The van der Waals surface area contributed by atoms with Gasteiger partial charge in [0.2, 0.25) is 5.91 Å². The number of benzene rings is 1. The Morgan fingerprint density at radius 2 is 2.12 bits per heavy atom. The molecule has 25 heavy (non-hydrogen) atoms. The van der Waals surface area contributed by atoms with Crippen LogP contribution in [-0.4, -0.2) is 55.7 Å². The van der Waals surface area contributed by atoms with Gasteiger partial charge in [-0.1, -0.05) is 12.2 Å². The molecule has 1 heterocycles. The number of nitro groups is 1. The Bertz CT molecular complexity index is 723. The van der Waals surface area contributed by atoms with Gasteiger partial charge in [-0.05, 0) is 25.3 Å². The summed E-state index contributed by atoms with van der Waals surface area (Å²) in [6.07, 6.45) is 2.24. The fourth-order valence-corrected chi connectivity index (χ4v) is 3.68. The third-order valence-electron chi connectivity index (χ3n) is 4.70. The molecule has 1 N–H and O–H groups in total. The highest BCUT2D eigenvalue weighted by Gasteiger charge is 2.37. The molecule has 9 heteroatoms. The number of phenolic OH excluding ortho intramolecular Hbond substituents is 1. The summed E-state index contributed by atoms with van der Waals surface area (Å²) >= 11 is 9.46. The zero-order chi connectivity index (χ0) is 18.1. The van der Waals surface area contributed by atoms with Crippen LogP contribution >= 0.6 is 24.8 Å². The van der Waals surface area contributed by atoms with Crippen LogP contribution in [0.4, 0.5) is 5.69 Å². The van der Waals surface area contributed by atoms with Crippen LogP contribution in [0.1, 0.15) is 18.4 Å². The summed E-state index contributed by atoms with van der Waals surface area (Å²) in [6.45, 7) is 1.63. The van der Waals surface area contributed by atoms with Crippen LogP contribution in [0.25, 0.3) is 0 Å². The second-order valence-electron chi connectivity index (χ2n) is 6.46. The molecule has 7 nitrogen and oxygen atoms in total. The minimum atomic E-state index is -0.492. The van der Waals surface area contributed by atoms with Crippen LogP contribution in [0.15, 0.2) is 18.2 Å². The predicted octanol–water partition coefficient (Wildman–Crippen LogP) is 1.98. The Labute approximate surface area is 156 Å². The van der Waals surface area contributed by atoms with Gasteiger partial charge in [0.1, 0.15) is 10.1 Å². The van der Waals surface area contributed by atoms with Crippen molar-refractivity contribution >= 4 is 40.8 Å². The first kappa shape index (κ1) is 17.9. The first-order valence-corrected chi connectivity index (χ1v) is 8.97. The predicted molar refractivity (Wildman–Crippen MR) is 99.8 cm³/mol. The maximum absolute atomic E-state index is 12.4. The van der Waals surface area contributed by atoms with Gasteiger partial charge in [0.15, 0.2) is 0 Å². The van der Waals surface area contributed by atoms with E-state index in [9.17, 15) is 20.0 Å². The molecule has 1 aromatic rings. The standard InChI is InChI=1S/C16H19N3O4S2/c20-14-4-3-12(19(22)23)7-11(14)8-13-9-17(15(21)10-1-2-10)5-6-18(13)16(24)25/h3-4,7,10,13,20H,1-2,5-6,8-9H2,(H,24,25). The number of carbonyl (C=O) groups excluding carboxylic acids is 1. The molecular formula is C16H19N3O4S2. The second kappa shape index (κ2) is 7.17. The molecule has 1 saturated heterocycles. The number of rotatable bonds is 4. The van der Waals surface area contributed by atoms with Crippen molar-refractivity contribution in [2.75, 3.05) is 19.6 Å². The molecule has 1 amide bonds. The zero-order valence-electron chi connectivity index (χ0n) is 13.5. The van der Waals surface area contributed by atoms with Crippen LogP contribution in [0.2, 0.25) is 0 Å². The summed E-state index contributed by atoms with van der Waals surface area (Å²) in [4.78, 5) is 26.6. The molecule has 134 valence electrons. The first-order valence-electron chi connectivity index (χ1n) is 8.11. The first-order chi connectivity index (χ1) is 11.9. The van der Waals surface area contributed by atoms with Gasteiger partial charge in [-0.2, -0.15) is 0 Å². The third kappa shape index (κ3) is 4.04. The number of thiol groups is 1. The van der Waals surface area contributed by atoms with Crippen molar-refractivity contribution in [2.45, 2.75) is 25.3 Å². The van der Waals surface area contributed by atoms with Crippen LogP contribution in [0.5, 0.6) is 5.75 Å². The average Bonchev–Trinajstić information content (AvgIpc) is 3.40. The number of piperazine rings is 1. The number of non-ortho nitro benzene ring substituents is 1. The van der Waals surface area contributed by atoms with Gasteiger partial charge in [-0.25, -0.2) is 0 Å². The highest BCUT2D eigenvalue weighted by molar-refractivity contribution is 8.10. The van der Waals surface area contributed by atoms with Gasteiger partial charge in [0.25, 0.3) is 5.69 Å². The van der Waals surface area contributed by atoms with Crippen LogP contribution < -0.4 is 0 Å². The molecule has 1 saturated carbocycles. The van der Waals surface area contributed by atoms with E-state index in [0.717, 1.165) is 12.8 Å². The lowest BCUT2D eigenvalue weighted by atomic mass is 10.0. The summed E-state index contributed by atoms with van der Waals surface area (Å²) in [7, 11) is 0. The van der Waals surface area contributed by atoms with Gasteiger partial charge in [0, 0.05) is 43.2 Å². The van der Waals surface area contributed by atoms with E-state index in [0.29, 0.717) is 35.9 Å². The number of nitrogens with zero attached hydrogens (tertiary/aromatic N) is 3. The highest BCUT2D eigenvalue weighted by Crippen LogP contribution is 2.32. The van der Waals surface area contributed by atoms with Crippen molar-refractivity contribution in [3.05, 3.63) is 33.9 Å². The van der Waals surface area contributed by atoms with E-state index in [1.54, 1.807) is 0 Å². The van der Waals surface area contributed by atoms with Crippen molar-refractivity contribution in [3.63, 3.8) is 0 Å². The molecule has 0 aromatic heterocycles. The fraction of sp³-hybridized carbons (Fsp3) is 0.500. The van der Waals surface area contributed by atoms with E-state index in [4.69, 9.17) is 12.2 Å². The van der Waals surface area contributed by atoms with Crippen molar-refractivity contribution < 1.29 is 14.8 Å². The van der Waals surface area contributed by atoms with Gasteiger partial charge in [-0.15, -0.1) is 12.6 Å². The molecular weight excluding hydrogens is 362 g/mol. The van der Waals surface area contributed by atoms with Gasteiger partial charge < -0.3 is 14.9 Å². The van der Waals surface area contributed by atoms with Crippen molar-refractivity contribution in [1.29, 1.82) is 0 Å². The molecule has 1 atom stereocenters. The minimum Gasteiger partial charge on any atom is -0.508 e. The molecule has 0 spiro atoms. The summed E-state index contributed by atoms with van der Waals surface area (Å²) in [6, 6.07) is 3.79.